The Morgan fingerprint density at radius 3 is 2.76 bits per heavy atom. The van der Waals surface area contributed by atoms with Crippen molar-refractivity contribution in [2.24, 2.45) is 7.05 Å². The molecule has 1 amide bonds. The standard InChI is InChI=1S/C33H35N5O3/c1-36-19-29(35-28(33(36)41)16-21-8-9-23-18-34-12-10-22(23)15-21)25-6-4-7-30(27(25)20-39)38-14-11-31-26(32(38)40)17-24-5-2-3-13-37(24)31/h4,6-9,15,17,19,34,39H,2-3,5,10-14,16,18,20H2,1H3. The van der Waals surface area contributed by atoms with Crippen molar-refractivity contribution in [3.05, 3.63) is 104 Å². The summed E-state index contributed by atoms with van der Waals surface area (Å²) in [6, 6.07) is 14.2. The van der Waals surface area contributed by atoms with Gasteiger partial charge in [-0.15, -0.1) is 0 Å². The molecule has 0 saturated carbocycles. The maximum absolute atomic E-state index is 13.8. The summed E-state index contributed by atoms with van der Waals surface area (Å²) in [5.41, 5.74) is 9.89. The highest BCUT2D eigenvalue weighted by molar-refractivity contribution is 6.09. The monoisotopic (exact) mass is 549 g/mol. The molecule has 41 heavy (non-hydrogen) atoms. The maximum Gasteiger partial charge on any atom is 0.272 e. The van der Waals surface area contributed by atoms with Crippen LogP contribution >= 0.6 is 0 Å². The first-order chi connectivity index (χ1) is 20.0. The molecule has 2 aromatic carbocycles. The minimum atomic E-state index is -0.243. The molecule has 2 N–H and O–H groups in total. The van der Waals surface area contributed by atoms with Crippen molar-refractivity contribution in [3.63, 3.8) is 0 Å². The first-order valence-electron chi connectivity index (χ1n) is 14.7. The first kappa shape index (κ1) is 25.9. The Morgan fingerprint density at radius 2 is 1.88 bits per heavy atom. The summed E-state index contributed by atoms with van der Waals surface area (Å²) in [6.07, 6.45) is 7.25. The van der Waals surface area contributed by atoms with Gasteiger partial charge in [-0.2, -0.15) is 0 Å². The normalized spacial score (nSPS) is 16.3. The third-order valence-electron chi connectivity index (χ3n) is 8.95. The number of nitrogens with one attached hydrogen (secondary N) is 1. The zero-order valence-electron chi connectivity index (χ0n) is 23.4. The van der Waals surface area contributed by atoms with Gasteiger partial charge in [-0.25, -0.2) is 4.98 Å². The third-order valence-corrected chi connectivity index (χ3v) is 8.95. The van der Waals surface area contributed by atoms with Crippen LogP contribution in [0.2, 0.25) is 0 Å². The molecule has 2 aromatic heterocycles. The van der Waals surface area contributed by atoms with Gasteiger partial charge in [0, 0.05) is 68.2 Å². The number of nitrogens with zero attached hydrogens (tertiary/aromatic N) is 4. The Balaban J connectivity index is 1.24. The molecule has 0 fully saturated rings. The molecule has 0 atom stereocenters. The highest BCUT2D eigenvalue weighted by atomic mass is 16.3. The van der Waals surface area contributed by atoms with E-state index in [1.807, 2.05) is 18.2 Å². The number of aliphatic hydroxyl groups is 1. The van der Waals surface area contributed by atoms with Crippen molar-refractivity contribution < 1.29 is 9.90 Å². The SMILES string of the molecule is Cn1cc(-c2cccc(N3CCc4c(cc5n4CCCC5)C3=O)c2CO)nc(Cc2ccc3c(c2)CCNC3)c1=O. The van der Waals surface area contributed by atoms with E-state index in [-0.39, 0.29) is 18.1 Å². The van der Waals surface area contributed by atoms with Crippen LogP contribution in [0.3, 0.4) is 0 Å². The Morgan fingerprint density at radius 1 is 0.976 bits per heavy atom. The number of hydrogen-bond acceptors (Lipinski definition) is 5. The second-order valence-corrected chi connectivity index (χ2v) is 11.5. The average molecular weight is 550 g/mol. The first-order valence-corrected chi connectivity index (χ1v) is 14.7. The minimum absolute atomic E-state index is 0.0169. The number of aryl methyl sites for hydroxylation is 2. The Hall–Kier alpha value is -4.01. The van der Waals surface area contributed by atoms with Gasteiger partial charge in [0.1, 0.15) is 5.69 Å². The van der Waals surface area contributed by atoms with Gasteiger partial charge in [-0.05, 0) is 61.1 Å². The molecule has 0 aliphatic carbocycles. The van der Waals surface area contributed by atoms with Crippen molar-refractivity contribution in [1.82, 2.24) is 19.4 Å². The van der Waals surface area contributed by atoms with Crippen LogP contribution in [0.4, 0.5) is 5.69 Å². The summed E-state index contributed by atoms with van der Waals surface area (Å²) in [6.45, 7) is 3.14. The van der Waals surface area contributed by atoms with E-state index in [9.17, 15) is 14.7 Å². The molecule has 0 bridgehead atoms. The molecule has 4 aromatic rings. The lowest BCUT2D eigenvalue weighted by Gasteiger charge is -2.30. The van der Waals surface area contributed by atoms with Gasteiger partial charge in [0.25, 0.3) is 11.5 Å². The number of aliphatic hydroxyl groups excluding tert-OH is 1. The lowest BCUT2D eigenvalue weighted by atomic mass is 9.96. The average Bonchev–Trinajstić information content (AvgIpc) is 3.39. The number of anilines is 1. The van der Waals surface area contributed by atoms with Gasteiger partial charge < -0.3 is 24.5 Å². The van der Waals surface area contributed by atoms with Gasteiger partial charge in [0.15, 0.2) is 0 Å². The highest BCUT2D eigenvalue weighted by Gasteiger charge is 2.32. The second kappa shape index (κ2) is 10.4. The summed E-state index contributed by atoms with van der Waals surface area (Å²) in [5, 5.41) is 14.0. The fourth-order valence-electron chi connectivity index (χ4n) is 6.84. The number of rotatable bonds is 5. The molecule has 5 heterocycles. The summed E-state index contributed by atoms with van der Waals surface area (Å²) in [7, 11) is 1.74. The van der Waals surface area contributed by atoms with E-state index < -0.39 is 0 Å². The van der Waals surface area contributed by atoms with E-state index in [4.69, 9.17) is 4.98 Å². The second-order valence-electron chi connectivity index (χ2n) is 11.5. The van der Waals surface area contributed by atoms with E-state index in [0.29, 0.717) is 35.6 Å². The molecule has 3 aliphatic heterocycles. The minimum Gasteiger partial charge on any atom is -0.392 e. The van der Waals surface area contributed by atoms with E-state index >= 15 is 0 Å². The van der Waals surface area contributed by atoms with Crippen LogP contribution in [0.5, 0.6) is 0 Å². The summed E-state index contributed by atoms with van der Waals surface area (Å²) >= 11 is 0. The van der Waals surface area contributed by atoms with Crippen LogP contribution in [0.1, 0.15) is 62.5 Å². The molecule has 0 radical (unpaired) electrons. The fraction of sp³-hybridized carbons (Fsp3) is 0.364. The van der Waals surface area contributed by atoms with Gasteiger partial charge >= 0.3 is 0 Å². The summed E-state index contributed by atoms with van der Waals surface area (Å²) in [4.78, 5) is 33.6. The maximum atomic E-state index is 13.8. The Bertz CT molecular complexity index is 1730. The van der Waals surface area contributed by atoms with Crippen LogP contribution in [0.25, 0.3) is 11.3 Å². The molecule has 8 heteroatoms. The lowest BCUT2D eigenvalue weighted by molar-refractivity contribution is 0.0979. The van der Waals surface area contributed by atoms with Crippen LogP contribution < -0.4 is 15.8 Å². The molecule has 8 nitrogen and oxygen atoms in total. The fourth-order valence-corrected chi connectivity index (χ4v) is 6.84. The summed E-state index contributed by atoms with van der Waals surface area (Å²) < 4.78 is 3.91. The van der Waals surface area contributed by atoms with E-state index in [1.54, 1.807) is 22.7 Å². The van der Waals surface area contributed by atoms with E-state index in [0.717, 1.165) is 74.1 Å². The van der Waals surface area contributed by atoms with E-state index in [1.165, 1.54) is 16.8 Å². The molecule has 0 spiro atoms. The number of carbonyl (C=O) groups is 1. The number of aromatic nitrogens is 3. The summed E-state index contributed by atoms with van der Waals surface area (Å²) in [5.74, 6) is -0.0169. The quantitative estimate of drug-likeness (QED) is 0.398. The van der Waals surface area contributed by atoms with Crippen molar-refractivity contribution >= 4 is 11.6 Å². The van der Waals surface area contributed by atoms with E-state index in [2.05, 4.69) is 34.1 Å². The van der Waals surface area contributed by atoms with Crippen LogP contribution in [0.15, 0.2) is 53.5 Å². The van der Waals surface area contributed by atoms with Crippen molar-refractivity contribution in [2.45, 2.75) is 58.2 Å². The van der Waals surface area contributed by atoms with Gasteiger partial charge in [-0.1, -0.05) is 30.3 Å². The van der Waals surface area contributed by atoms with Crippen LogP contribution in [0, 0.1) is 0 Å². The smallest absolute Gasteiger partial charge is 0.272 e. The molecule has 0 unspecified atom stereocenters. The number of hydrogen-bond donors (Lipinski definition) is 2. The molecular weight excluding hydrogens is 514 g/mol. The molecule has 210 valence electrons. The van der Waals surface area contributed by atoms with Gasteiger partial charge in [0.2, 0.25) is 0 Å². The largest absolute Gasteiger partial charge is 0.392 e. The van der Waals surface area contributed by atoms with Crippen molar-refractivity contribution in [3.8, 4) is 11.3 Å². The zero-order chi connectivity index (χ0) is 28.1. The predicted octanol–water partition coefficient (Wildman–Crippen LogP) is 3.52. The Labute approximate surface area is 239 Å². The number of benzene rings is 2. The lowest BCUT2D eigenvalue weighted by Crippen LogP contribution is -2.38. The van der Waals surface area contributed by atoms with Gasteiger partial charge in [-0.3, -0.25) is 9.59 Å². The van der Waals surface area contributed by atoms with Crippen molar-refractivity contribution in [1.29, 1.82) is 0 Å². The number of fused-ring (bicyclic) bond motifs is 4. The van der Waals surface area contributed by atoms with Gasteiger partial charge in [0.05, 0.1) is 23.6 Å². The van der Waals surface area contributed by atoms with Crippen LogP contribution in [-0.4, -0.2) is 38.2 Å². The zero-order valence-corrected chi connectivity index (χ0v) is 23.4. The van der Waals surface area contributed by atoms with Crippen LogP contribution in [-0.2, 0) is 52.4 Å². The molecular formula is C33H35N5O3. The number of carbonyl (C=O) groups excluding carboxylic acids is 1. The number of amides is 1. The molecule has 0 saturated heterocycles. The molecule has 7 rings (SSSR count). The Kier molecular flexibility index (Phi) is 6.60. The molecule has 3 aliphatic rings. The highest BCUT2D eigenvalue weighted by Crippen LogP contribution is 2.35. The predicted molar refractivity (Wildman–Crippen MR) is 158 cm³/mol. The third kappa shape index (κ3) is 4.51. The van der Waals surface area contributed by atoms with Crippen molar-refractivity contribution in [2.75, 3.05) is 18.0 Å². The topological polar surface area (TPSA) is 92.4 Å².